The van der Waals surface area contributed by atoms with Crippen molar-refractivity contribution in [2.45, 2.75) is 57.4 Å². The van der Waals surface area contributed by atoms with Gasteiger partial charge in [0.05, 0.1) is 0 Å². The first-order valence-electron chi connectivity index (χ1n) is 9.08. The van der Waals surface area contributed by atoms with Crippen molar-refractivity contribution >= 4 is 11.8 Å². The van der Waals surface area contributed by atoms with Gasteiger partial charge in [-0.2, -0.15) is 0 Å². The van der Waals surface area contributed by atoms with Gasteiger partial charge in [-0.1, -0.05) is 0 Å². The van der Waals surface area contributed by atoms with Crippen molar-refractivity contribution in [2.75, 3.05) is 41.0 Å². The molecule has 140 valence electrons. The average Bonchev–Trinajstić information content (AvgIpc) is 2.57. The Hall–Kier alpha value is -1.14. The Morgan fingerprint density at radius 2 is 1.58 bits per heavy atom. The van der Waals surface area contributed by atoms with Crippen LogP contribution in [0.4, 0.5) is 0 Å². The molecule has 0 aliphatic heterocycles. The topological polar surface area (TPSA) is 67.9 Å². The minimum absolute atomic E-state index is 0.126. The normalized spacial score (nSPS) is 20.6. The van der Waals surface area contributed by atoms with Crippen molar-refractivity contribution in [3.05, 3.63) is 0 Å². The average molecular weight is 342 g/mol. The van der Waals surface area contributed by atoms with Gasteiger partial charge in [-0.15, -0.1) is 0 Å². The minimum Gasteiger partial charge on any atom is -0.385 e. The predicted octanol–water partition coefficient (Wildman–Crippen LogP) is 1.97. The first kappa shape index (κ1) is 20.9. The molecule has 1 aliphatic carbocycles. The molecule has 0 spiro atoms. The van der Waals surface area contributed by atoms with Crippen LogP contribution in [0, 0.1) is 5.92 Å². The fourth-order valence-corrected chi connectivity index (χ4v) is 3.21. The fourth-order valence-electron chi connectivity index (χ4n) is 3.21. The zero-order chi connectivity index (χ0) is 17.8. The number of amides is 2. The third-order valence-corrected chi connectivity index (χ3v) is 4.66. The monoisotopic (exact) mass is 342 g/mol. The molecule has 0 saturated heterocycles. The maximum Gasteiger partial charge on any atom is 0.222 e. The third kappa shape index (κ3) is 8.64. The van der Waals surface area contributed by atoms with Crippen molar-refractivity contribution in [1.82, 2.24) is 10.2 Å². The number of nitrogens with zero attached hydrogens (tertiary/aromatic N) is 1. The quantitative estimate of drug-likeness (QED) is 0.583. The second-order valence-corrected chi connectivity index (χ2v) is 6.75. The minimum atomic E-state index is 0.126. The van der Waals surface area contributed by atoms with E-state index >= 15 is 0 Å². The number of rotatable bonds is 11. The maximum atomic E-state index is 12.0. The molecule has 1 fully saturated rings. The summed E-state index contributed by atoms with van der Waals surface area (Å²) < 4.78 is 9.95. The largest absolute Gasteiger partial charge is 0.385 e. The van der Waals surface area contributed by atoms with Crippen LogP contribution in [0.2, 0.25) is 0 Å². The van der Waals surface area contributed by atoms with Gasteiger partial charge >= 0.3 is 0 Å². The summed E-state index contributed by atoms with van der Waals surface area (Å²) in [6, 6.07) is 0.291. The molecule has 0 aromatic rings. The molecule has 0 aromatic carbocycles. The molecular weight excluding hydrogens is 308 g/mol. The maximum absolute atomic E-state index is 12.0. The number of methoxy groups -OCH3 is 2. The van der Waals surface area contributed by atoms with Crippen molar-refractivity contribution < 1.29 is 19.1 Å². The van der Waals surface area contributed by atoms with Crippen molar-refractivity contribution in [2.24, 2.45) is 5.92 Å². The van der Waals surface area contributed by atoms with Crippen LogP contribution in [0.1, 0.15) is 51.4 Å². The summed E-state index contributed by atoms with van der Waals surface area (Å²) in [6.45, 7) is 2.08. The summed E-state index contributed by atoms with van der Waals surface area (Å²) in [5.41, 5.74) is 0. The van der Waals surface area contributed by atoms with Crippen LogP contribution >= 0.6 is 0 Å². The molecule has 0 unspecified atom stereocenters. The SMILES string of the molecule is COCCCC(=O)NC1CCC(CN(C)C(=O)CCCOC)CC1. The first-order valence-corrected chi connectivity index (χ1v) is 9.08. The molecule has 1 aliphatic rings. The van der Waals surface area contributed by atoms with Crippen LogP contribution in [-0.2, 0) is 19.1 Å². The lowest BCUT2D eigenvalue weighted by atomic mass is 9.85. The third-order valence-electron chi connectivity index (χ3n) is 4.66. The van der Waals surface area contributed by atoms with Gasteiger partial charge in [0.1, 0.15) is 0 Å². The summed E-state index contributed by atoms with van der Waals surface area (Å²) in [6.07, 6.45) is 6.79. The van der Waals surface area contributed by atoms with Crippen LogP contribution in [0.5, 0.6) is 0 Å². The number of carbonyl (C=O) groups is 2. The van der Waals surface area contributed by atoms with Gasteiger partial charge in [-0.25, -0.2) is 0 Å². The molecule has 1 rings (SSSR count). The molecule has 0 bridgehead atoms. The molecule has 6 heteroatoms. The van der Waals surface area contributed by atoms with E-state index in [0.717, 1.165) is 45.1 Å². The predicted molar refractivity (Wildman–Crippen MR) is 93.7 cm³/mol. The Balaban J connectivity index is 2.18. The standard InChI is InChI=1S/C18H34N2O4/c1-20(18(22)7-5-13-24-3)14-15-8-10-16(11-9-15)19-17(21)6-4-12-23-2/h15-16H,4-14H2,1-3H3,(H,19,21). The molecule has 0 aromatic heterocycles. The Labute approximate surface area is 146 Å². The summed E-state index contributed by atoms with van der Waals surface area (Å²) in [4.78, 5) is 25.7. The number of hydrogen-bond acceptors (Lipinski definition) is 4. The van der Waals surface area contributed by atoms with E-state index in [9.17, 15) is 9.59 Å². The lowest BCUT2D eigenvalue weighted by Crippen LogP contribution is -2.40. The molecule has 1 saturated carbocycles. The van der Waals surface area contributed by atoms with Crippen molar-refractivity contribution in [3.63, 3.8) is 0 Å². The summed E-state index contributed by atoms with van der Waals surface area (Å²) in [5.74, 6) is 0.865. The van der Waals surface area contributed by atoms with Crippen LogP contribution in [0.25, 0.3) is 0 Å². The zero-order valence-electron chi connectivity index (χ0n) is 15.5. The first-order chi connectivity index (χ1) is 11.6. The summed E-state index contributed by atoms with van der Waals surface area (Å²) in [5, 5.41) is 3.12. The molecule has 1 N–H and O–H groups in total. The van der Waals surface area contributed by atoms with E-state index in [1.165, 1.54) is 0 Å². The Kier molecular flexibility index (Phi) is 10.7. The lowest BCUT2D eigenvalue weighted by molar-refractivity contribution is -0.130. The van der Waals surface area contributed by atoms with E-state index in [4.69, 9.17) is 9.47 Å². The van der Waals surface area contributed by atoms with E-state index in [1.54, 1.807) is 14.2 Å². The van der Waals surface area contributed by atoms with Crippen molar-refractivity contribution in [1.29, 1.82) is 0 Å². The smallest absolute Gasteiger partial charge is 0.222 e. The molecule has 0 heterocycles. The van der Waals surface area contributed by atoms with Crippen molar-refractivity contribution in [3.8, 4) is 0 Å². The van der Waals surface area contributed by atoms with Gasteiger partial charge in [-0.05, 0) is 44.4 Å². The highest BCUT2D eigenvalue weighted by Crippen LogP contribution is 2.25. The van der Waals surface area contributed by atoms with Gasteiger partial charge in [0.25, 0.3) is 0 Å². The van der Waals surface area contributed by atoms with Crippen LogP contribution < -0.4 is 5.32 Å². The highest BCUT2D eigenvalue weighted by atomic mass is 16.5. The number of hydrogen-bond donors (Lipinski definition) is 1. The van der Waals surface area contributed by atoms with E-state index in [1.807, 2.05) is 11.9 Å². The molecule has 6 nitrogen and oxygen atoms in total. The molecule has 0 atom stereocenters. The van der Waals surface area contributed by atoms with E-state index in [0.29, 0.717) is 38.0 Å². The Morgan fingerprint density at radius 1 is 1.00 bits per heavy atom. The second-order valence-electron chi connectivity index (χ2n) is 6.75. The number of ether oxygens (including phenoxy) is 2. The van der Waals surface area contributed by atoms with Gasteiger partial charge in [0, 0.05) is 59.9 Å². The van der Waals surface area contributed by atoms with Crippen LogP contribution in [-0.4, -0.2) is 63.8 Å². The number of carbonyl (C=O) groups excluding carboxylic acids is 2. The zero-order valence-corrected chi connectivity index (χ0v) is 15.5. The van der Waals surface area contributed by atoms with Gasteiger partial charge in [0.2, 0.25) is 11.8 Å². The van der Waals surface area contributed by atoms with Gasteiger partial charge in [-0.3, -0.25) is 9.59 Å². The second kappa shape index (κ2) is 12.3. The van der Waals surface area contributed by atoms with E-state index < -0.39 is 0 Å². The summed E-state index contributed by atoms with van der Waals surface area (Å²) >= 11 is 0. The van der Waals surface area contributed by atoms with E-state index in [2.05, 4.69) is 5.32 Å². The highest BCUT2D eigenvalue weighted by molar-refractivity contribution is 5.76. The van der Waals surface area contributed by atoms with Crippen LogP contribution in [0.3, 0.4) is 0 Å². The molecular formula is C18H34N2O4. The van der Waals surface area contributed by atoms with E-state index in [-0.39, 0.29) is 11.8 Å². The summed E-state index contributed by atoms with van der Waals surface area (Å²) in [7, 11) is 5.19. The van der Waals surface area contributed by atoms with Crippen LogP contribution in [0.15, 0.2) is 0 Å². The lowest BCUT2D eigenvalue weighted by Gasteiger charge is -2.31. The molecule has 2 amide bonds. The molecule has 0 radical (unpaired) electrons. The van der Waals surface area contributed by atoms with Gasteiger partial charge < -0.3 is 19.7 Å². The molecule has 24 heavy (non-hydrogen) atoms. The fraction of sp³-hybridized carbons (Fsp3) is 0.889. The number of nitrogens with one attached hydrogen (secondary N) is 1. The van der Waals surface area contributed by atoms with Gasteiger partial charge in [0.15, 0.2) is 0 Å². The Bertz CT molecular complexity index is 368. The Morgan fingerprint density at radius 3 is 2.17 bits per heavy atom. The highest BCUT2D eigenvalue weighted by Gasteiger charge is 2.24.